The summed E-state index contributed by atoms with van der Waals surface area (Å²) in [5.74, 6) is 0.397. The largest absolute Gasteiger partial charge is 0.481 e. The fourth-order valence-corrected chi connectivity index (χ4v) is 1.46. The summed E-state index contributed by atoms with van der Waals surface area (Å²) >= 11 is 0. The summed E-state index contributed by atoms with van der Waals surface area (Å²) < 4.78 is 18.4. The number of nitrogens with zero attached hydrogens (tertiary/aromatic N) is 1. The van der Waals surface area contributed by atoms with E-state index in [1.807, 2.05) is 0 Å². The van der Waals surface area contributed by atoms with Crippen LogP contribution < -0.4 is 10.1 Å². The third-order valence-electron chi connectivity index (χ3n) is 2.28. The second-order valence-electron chi connectivity index (χ2n) is 3.07. The average molecular weight is 182 g/mol. The Morgan fingerprint density at radius 1 is 1.62 bits per heavy atom. The highest BCUT2D eigenvalue weighted by Gasteiger charge is 2.26. The topological polar surface area (TPSA) is 34.1 Å². The van der Waals surface area contributed by atoms with E-state index < -0.39 is 0 Å². The van der Waals surface area contributed by atoms with Gasteiger partial charge in [0.15, 0.2) is 0 Å². The van der Waals surface area contributed by atoms with E-state index in [-0.39, 0.29) is 11.7 Å². The summed E-state index contributed by atoms with van der Waals surface area (Å²) in [4.78, 5) is 3.97. The van der Waals surface area contributed by atoms with Crippen LogP contribution in [0, 0.1) is 5.82 Å². The van der Waals surface area contributed by atoms with Gasteiger partial charge >= 0.3 is 0 Å². The molecule has 1 aromatic heterocycles. The number of rotatable bonds is 2. The molecule has 1 aromatic rings. The van der Waals surface area contributed by atoms with Gasteiger partial charge in [-0.25, -0.2) is 9.37 Å². The van der Waals surface area contributed by atoms with Crippen molar-refractivity contribution in [3.05, 3.63) is 23.6 Å². The molecule has 0 radical (unpaired) electrons. The van der Waals surface area contributed by atoms with Gasteiger partial charge in [-0.05, 0) is 6.07 Å². The number of pyridine rings is 1. The monoisotopic (exact) mass is 182 g/mol. The van der Waals surface area contributed by atoms with Crippen molar-refractivity contribution < 1.29 is 9.13 Å². The van der Waals surface area contributed by atoms with Crippen molar-refractivity contribution in [1.29, 1.82) is 0 Å². The van der Waals surface area contributed by atoms with E-state index in [9.17, 15) is 4.39 Å². The van der Waals surface area contributed by atoms with Gasteiger partial charge in [0.2, 0.25) is 5.88 Å². The quantitative estimate of drug-likeness (QED) is 0.738. The number of methoxy groups -OCH3 is 1. The average Bonchev–Trinajstić information content (AvgIpc) is 2.05. The summed E-state index contributed by atoms with van der Waals surface area (Å²) in [5, 5.41) is 3.09. The maximum atomic E-state index is 13.4. The zero-order valence-corrected chi connectivity index (χ0v) is 7.38. The highest BCUT2D eigenvalue weighted by Crippen LogP contribution is 2.29. The number of nitrogens with one attached hydrogen (secondary N) is 1. The number of hydrogen-bond donors (Lipinski definition) is 1. The second-order valence-corrected chi connectivity index (χ2v) is 3.07. The zero-order valence-electron chi connectivity index (χ0n) is 7.38. The molecule has 0 aromatic carbocycles. The summed E-state index contributed by atoms with van der Waals surface area (Å²) in [6.45, 7) is 1.61. The molecule has 0 saturated carbocycles. The lowest BCUT2D eigenvalue weighted by molar-refractivity contribution is 0.360. The molecule has 0 spiro atoms. The van der Waals surface area contributed by atoms with Crippen molar-refractivity contribution in [3.8, 4) is 5.88 Å². The molecule has 1 aliphatic rings. The molecule has 0 unspecified atom stereocenters. The Kier molecular flexibility index (Phi) is 2.14. The van der Waals surface area contributed by atoms with Crippen LogP contribution in [0.15, 0.2) is 12.3 Å². The number of hydrogen-bond acceptors (Lipinski definition) is 3. The third kappa shape index (κ3) is 1.37. The first-order valence-corrected chi connectivity index (χ1v) is 4.22. The Balaban J connectivity index is 2.39. The molecule has 0 bridgehead atoms. The third-order valence-corrected chi connectivity index (χ3v) is 2.28. The van der Waals surface area contributed by atoms with Crippen LogP contribution in [0.25, 0.3) is 0 Å². The minimum atomic E-state index is -0.224. The molecular weight excluding hydrogens is 171 g/mol. The first kappa shape index (κ1) is 8.44. The van der Waals surface area contributed by atoms with Crippen molar-refractivity contribution >= 4 is 0 Å². The van der Waals surface area contributed by atoms with Crippen molar-refractivity contribution in [2.45, 2.75) is 5.92 Å². The lowest BCUT2D eigenvalue weighted by Gasteiger charge is -2.28. The van der Waals surface area contributed by atoms with Crippen LogP contribution in [0.4, 0.5) is 4.39 Å². The van der Waals surface area contributed by atoms with Gasteiger partial charge in [0.25, 0.3) is 0 Å². The van der Waals surface area contributed by atoms with Crippen molar-refractivity contribution in [1.82, 2.24) is 10.3 Å². The van der Waals surface area contributed by atoms with Crippen LogP contribution in [0.3, 0.4) is 0 Å². The highest BCUT2D eigenvalue weighted by atomic mass is 19.1. The summed E-state index contributed by atoms with van der Waals surface area (Å²) in [6, 6.07) is 1.37. The van der Waals surface area contributed by atoms with Crippen LogP contribution in [-0.4, -0.2) is 25.2 Å². The molecule has 1 aliphatic heterocycles. The van der Waals surface area contributed by atoms with E-state index >= 15 is 0 Å². The van der Waals surface area contributed by atoms with Gasteiger partial charge in [0.05, 0.1) is 12.7 Å². The lowest BCUT2D eigenvalue weighted by Crippen LogP contribution is -2.40. The van der Waals surface area contributed by atoms with Crippen LogP contribution in [-0.2, 0) is 0 Å². The summed E-state index contributed by atoms with van der Waals surface area (Å²) in [5.41, 5.74) is 0.601. The van der Waals surface area contributed by atoms with Crippen LogP contribution in [0.2, 0.25) is 0 Å². The fraction of sp³-hybridized carbons (Fsp3) is 0.444. The minimum Gasteiger partial charge on any atom is -0.481 e. The molecule has 2 rings (SSSR count). The number of aromatic nitrogens is 1. The van der Waals surface area contributed by atoms with Gasteiger partial charge in [-0.15, -0.1) is 0 Å². The van der Waals surface area contributed by atoms with E-state index in [4.69, 9.17) is 4.74 Å². The molecule has 0 aliphatic carbocycles. The second kappa shape index (κ2) is 3.30. The first-order chi connectivity index (χ1) is 6.33. The normalized spacial score (nSPS) is 16.8. The lowest BCUT2D eigenvalue weighted by atomic mass is 9.94. The Morgan fingerprint density at radius 2 is 2.38 bits per heavy atom. The van der Waals surface area contributed by atoms with Gasteiger partial charge in [0.1, 0.15) is 5.82 Å². The number of halogens is 1. The van der Waals surface area contributed by atoms with Gasteiger partial charge < -0.3 is 10.1 Å². The van der Waals surface area contributed by atoms with Crippen molar-refractivity contribution in [2.75, 3.05) is 20.2 Å². The molecule has 3 nitrogen and oxygen atoms in total. The standard InChI is InChI=1S/C9H11FN2O/c1-13-9-8(6-4-11-5-6)7(10)2-3-12-9/h2-3,6,11H,4-5H2,1H3. The maximum Gasteiger partial charge on any atom is 0.219 e. The van der Waals surface area contributed by atoms with E-state index in [0.717, 1.165) is 13.1 Å². The molecule has 2 heterocycles. The van der Waals surface area contributed by atoms with Crippen molar-refractivity contribution in [3.63, 3.8) is 0 Å². The smallest absolute Gasteiger partial charge is 0.219 e. The minimum absolute atomic E-state index is 0.212. The van der Waals surface area contributed by atoms with Crippen molar-refractivity contribution in [2.24, 2.45) is 0 Å². The predicted octanol–water partition coefficient (Wildman–Crippen LogP) is 0.916. The number of ether oxygens (including phenoxy) is 1. The first-order valence-electron chi connectivity index (χ1n) is 4.22. The van der Waals surface area contributed by atoms with Gasteiger partial charge in [0, 0.05) is 25.2 Å². The van der Waals surface area contributed by atoms with E-state index in [0.29, 0.717) is 11.4 Å². The Bertz CT molecular complexity index is 312. The fourth-order valence-electron chi connectivity index (χ4n) is 1.46. The van der Waals surface area contributed by atoms with Crippen LogP contribution in [0.5, 0.6) is 5.88 Å². The molecule has 70 valence electrons. The molecule has 1 fully saturated rings. The Hall–Kier alpha value is -1.16. The van der Waals surface area contributed by atoms with Gasteiger partial charge in [-0.1, -0.05) is 0 Å². The molecule has 13 heavy (non-hydrogen) atoms. The molecule has 4 heteroatoms. The Labute approximate surface area is 75.9 Å². The molecule has 1 saturated heterocycles. The predicted molar refractivity (Wildman–Crippen MR) is 46.4 cm³/mol. The van der Waals surface area contributed by atoms with Gasteiger partial charge in [-0.3, -0.25) is 0 Å². The molecule has 0 amide bonds. The van der Waals surface area contributed by atoms with Gasteiger partial charge in [-0.2, -0.15) is 0 Å². The molecule has 1 N–H and O–H groups in total. The summed E-state index contributed by atoms with van der Waals surface area (Å²) in [6.07, 6.45) is 1.42. The van der Waals surface area contributed by atoms with E-state index in [1.54, 1.807) is 0 Å². The Morgan fingerprint density at radius 3 is 2.92 bits per heavy atom. The molecular formula is C9H11FN2O. The van der Waals surface area contributed by atoms with E-state index in [2.05, 4.69) is 10.3 Å². The highest BCUT2D eigenvalue weighted by molar-refractivity contribution is 5.33. The van der Waals surface area contributed by atoms with Crippen LogP contribution >= 0.6 is 0 Å². The maximum absolute atomic E-state index is 13.4. The van der Waals surface area contributed by atoms with Crippen LogP contribution in [0.1, 0.15) is 11.5 Å². The SMILES string of the molecule is COc1nccc(F)c1C1CNC1. The zero-order chi connectivity index (χ0) is 9.26. The van der Waals surface area contributed by atoms with E-state index in [1.165, 1.54) is 19.4 Å². The summed E-state index contributed by atoms with van der Waals surface area (Å²) in [7, 11) is 1.51. The molecule has 0 atom stereocenters.